The van der Waals surface area contributed by atoms with Gasteiger partial charge in [0.05, 0.1) is 0 Å². The summed E-state index contributed by atoms with van der Waals surface area (Å²) in [5.74, 6) is -1.28. The van der Waals surface area contributed by atoms with Crippen LogP contribution >= 0.6 is 0 Å². The second-order valence-electron chi connectivity index (χ2n) is 3.47. The summed E-state index contributed by atoms with van der Waals surface area (Å²) in [6.45, 7) is 0. The van der Waals surface area contributed by atoms with Crippen LogP contribution in [-0.2, 0) is 7.05 Å². The Bertz CT molecular complexity index is 528. The maximum absolute atomic E-state index is 12.7. The van der Waals surface area contributed by atoms with Crippen LogP contribution in [0, 0.1) is 5.82 Å². The fourth-order valence-corrected chi connectivity index (χ4v) is 1.64. The van der Waals surface area contributed by atoms with Crippen LogP contribution in [-0.4, -0.2) is 15.6 Å². The van der Waals surface area contributed by atoms with Gasteiger partial charge in [0.1, 0.15) is 11.5 Å². The number of benzene rings is 1. The van der Waals surface area contributed by atoms with Crippen LogP contribution in [0.2, 0.25) is 0 Å². The molecule has 1 aromatic carbocycles. The van der Waals surface area contributed by atoms with Crippen LogP contribution in [0.5, 0.6) is 0 Å². The van der Waals surface area contributed by atoms with E-state index >= 15 is 0 Å². The molecule has 82 valence electrons. The Hall–Kier alpha value is -2.10. The topological polar surface area (TPSA) is 42.2 Å². The first-order valence-corrected chi connectivity index (χ1v) is 4.74. The number of nitrogens with zero attached hydrogens (tertiary/aromatic N) is 1. The second-order valence-corrected chi connectivity index (χ2v) is 3.47. The van der Waals surface area contributed by atoms with E-state index in [0.29, 0.717) is 0 Å². The molecule has 1 aromatic heterocycles. The largest absolute Gasteiger partial charge is 0.477 e. The first-order valence-electron chi connectivity index (χ1n) is 4.74. The van der Waals surface area contributed by atoms with Crippen molar-refractivity contribution in [2.24, 2.45) is 7.05 Å². The molecule has 0 saturated carbocycles. The van der Waals surface area contributed by atoms with E-state index in [-0.39, 0.29) is 11.5 Å². The van der Waals surface area contributed by atoms with Crippen molar-refractivity contribution < 1.29 is 14.3 Å². The highest BCUT2D eigenvalue weighted by Crippen LogP contribution is 2.21. The molecule has 2 aromatic rings. The fourth-order valence-electron chi connectivity index (χ4n) is 1.64. The van der Waals surface area contributed by atoms with Crippen molar-refractivity contribution in [2.75, 3.05) is 0 Å². The van der Waals surface area contributed by atoms with Crippen LogP contribution in [0.25, 0.3) is 11.3 Å². The van der Waals surface area contributed by atoms with Crippen LogP contribution in [0.3, 0.4) is 0 Å². The van der Waals surface area contributed by atoms with Gasteiger partial charge in [-0.05, 0) is 42.0 Å². The number of hydrogen-bond donors (Lipinski definition) is 1. The van der Waals surface area contributed by atoms with E-state index in [4.69, 9.17) is 5.11 Å². The highest BCUT2D eigenvalue weighted by Gasteiger charge is 2.11. The highest BCUT2D eigenvalue weighted by atomic mass is 19.1. The van der Waals surface area contributed by atoms with Crippen molar-refractivity contribution in [2.45, 2.75) is 0 Å². The SMILES string of the molecule is Cn1c(C(=O)O)ccc1-c1ccc(F)cc1. The number of aromatic nitrogens is 1. The minimum atomic E-state index is -0.976. The molecule has 16 heavy (non-hydrogen) atoms. The molecular formula is C12H10FNO2. The van der Waals surface area contributed by atoms with Gasteiger partial charge in [0.15, 0.2) is 0 Å². The zero-order valence-corrected chi connectivity index (χ0v) is 8.64. The van der Waals surface area contributed by atoms with Gasteiger partial charge < -0.3 is 9.67 Å². The van der Waals surface area contributed by atoms with Crippen molar-refractivity contribution in [3.05, 3.63) is 47.9 Å². The lowest BCUT2D eigenvalue weighted by Crippen LogP contribution is -2.04. The standard InChI is InChI=1S/C12H10FNO2/c1-14-10(6-7-11(14)12(15)16)8-2-4-9(13)5-3-8/h2-7H,1H3,(H,15,16). The third-order valence-electron chi connectivity index (χ3n) is 2.48. The van der Waals surface area contributed by atoms with E-state index in [9.17, 15) is 9.18 Å². The summed E-state index contributed by atoms with van der Waals surface area (Å²) in [7, 11) is 1.67. The Kier molecular flexibility index (Phi) is 2.48. The average Bonchev–Trinajstić information content (AvgIpc) is 2.61. The molecule has 0 aliphatic heterocycles. The van der Waals surface area contributed by atoms with Gasteiger partial charge in [-0.25, -0.2) is 9.18 Å². The van der Waals surface area contributed by atoms with Crippen LogP contribution in [0.4, 0.5) is 4.39 Å². The van der Waals surface area contributed by atoms with Gasteiger partial charge in [0.25, 0.3) is 0 Å². The first-order chi connectivity index (χ1) is 7.59. The summed E-state index contributed by atoms with van der Waals surface area (Å²) in [4.78, 5) is 10.8. The van der Waals surface area contributed by atoms with Crippen molar-refractivity contribution >= 4 is 5.97 Å². The van der Waals surface area contributed by atoms with Crippen molar-refractivity contribution in [3.63, 3.8) is 0 Å². The Morgan fingerprint density at radius 3 is 2.31 bits per heavy atom. The molecule has 0 saturated heterocycles. The number of halogens is 1. The lowest BCUT2D eigenvalue weighted by atomic mass is 10.1. The molecule has 0 radical (unpaired) electrons. The molecule has 0 bridgehead atoms. The summed E-state index contributed by atoms with van der Waals surface area (Å²) in [5, 5.41) is 8.89. The number of aromatic carboxylic acids is 1. The molecule has 0 aliphatic carbocycles. The molecule has 3 nitrogen and oxygen atoms in total. The lowest BCUT2D eigenvalue weighted by Gasteiger charge is -2.05. The Labute approximate surface area is 91.8 Å². The first kappa shape index (κ1) is 10.4. The number of hydrogen-bond acceptors (Lipinski definition) is 1. The smallest absolute Gasteiger partial charge is 0.352 e. The monoisotopic (exact) mass is 219 g/mol. The van der Waals surface area contributed by atoms with Crippen LogP contribution in [0.15, 0.2) is 36.4 Å². The van der Waals surface area contributed by atoms with Gasteiger partial charge >= 0.3 is 5.97 Å². The van der Waals surface area contributed by atoms with Gasteiger partial charge in [-0.15, -0.1) is 0 Å². The zero-order valence-electron chi connectivity index (χ0n) is 8.64. The Morgan fingerprint density at radius 1 is 1.19 bits per heavy atom. The van der Waals surface area contributed by atoms with E-state index < -0.39 is 5.97 Å². The quantitative estimate of drug-likeness (QED) is 0.843. The summed E-state index contributed by atoms with van der Waals surface area (Å²) in [6.07, 6.45) is 0. The summed E-state index contributed by atoms with van der Waals surface area (Å²) < 4.78 is 14.3. The maximum Gasteiger partial charge on any atom is 0.352 e. The Morgan fingerprint density at radius 2 is 1.81 bits per heavy atom. The van der Waals surface area contributed by atoms with Gasteiger partial charge in [-0.1, -0.05) is 0 Å². The molecule has 1 heterocycles. The van der Waals surface area contributed by atoms with E-state index in [2.05, 4.69) is 0 Å². The summed E-state index contributed by atoms with van der Waals surface area (Å²) in [6, 6.07) is 9.18. The van der Waals surface area contributed by atoms with E-state index in [1.54, 1.807) is 29.8 Å². The van der Waals surface area contributed by atoms with Gasteiger partial charge in [0.2, 0.25) is 0 Å². The number of rotatable bonds is 2. The van der Waals surface area contributed by atoms with Crippen LogP contribution < -0.4 is 0 Å². The van der Waals surface area contributed by atoms with Crippen molar-refractivity contribution in [1.29, 1.82) is 0 Å². The third-order valence-corrected chi connectivity index (χ3v) is 2.48. The van der Waals surface area contributed by atoms with E-state index in [1.165, 1.54) is 18.2 Å². The van der Waals surface area contributed by atoms with Gasteiger partial charge in [-0.3, -0.25) is 0 Å². The molecule has 4 heteroatoms. The molecule has 2 rings (SSSR count). The highest BCUT2D eigenvalue weighted by molar-refractivity contribution is 5.87. The third kappa shape index (κ3) is 1.69. The molecular weight excluding hydrogens is 209 g/mol. The van der Waals surface area contributed by atoms with E-state index in [1.807, 2.05) is 0 Å². The predicted molar refractivity (Wildman–Crippen MR) is 57.8 cm³/mol. The molecule has 0 spiro atoms. The fraction of sp³-hybridized carbons (Fsp3) is 0.0833. The normalized spacial score (nSPS) is 10.4. The molecule has 0 fully saturated rings. The summed E-state index contributed by atoms with van der Waals surface area (Å²) in [5.41, 5.74) is 1.74. The second kappa shape index (κ2) is 3.81. The molecule has 0 unspecified atom stereocenters. The zero-order chi connectivity index (χ0) is 11.7. The minimum Gasteiger partial charge on any atom is -0.477 e. The summed E-state index contributed by atoms with van der Waals surface area (Å²) >= 11 is 0. The molecule has 1 N–H and O–H groups in total. The Balaban J connectivity index is 2.49. The van der Waals surface area contributed by atoms with E-state index in [0.717, 1.165) is 11.3 Å². The molecule has 0 amide bonds. The predicted octanol–water partition coefficient (Wildman–Crippen LogP) is 2.53. The van der Waals surface area contributed by atoms with Crippen LogP contribution in [0.1, 0.15) is 10.5 Å². The van der Waals surface area contributed by atoms with Crippen molar-refractivity contribution in [1.82, 2.24) is 4.57 Å². The number of carbonyl (C=O) groups is 1. The number of carboxylic acid groups (broad SMARTS) is 1. The van der Waals surface area contributed by atoms with Crippen molar-refractivity contribution in [3.8, 4) is 11.3 Å². The van der Waals surface area contributed by atoms with Gasteiger partial charge in [0, 0.05) is 12.7 Å². The minimum absolute atomic E-state index is 0.208. The average molecular weight is 219 g/mol. The number of carboxylic acids is 1. The lowest BCUT2D eigenvalue weighted by molar-refractivity contribution is 0.0687. The molecule has 0 atom stereocenters. The maximum atomic E-state index is 12.7. The van der Waals surface area contributed by atoms with Gasteiger partial charge in [-0.2, -0.15) is 0 Å². The molecule has 0 aliphatic rings.